The molecule has 0 radical (unpaired) electrons. The van der Waals surface area contributed by atoms with Gasteiger partial charge >= 0.3 is 0 Å². The summed E-state index contributed by atoms with van der Waals surface area (Å²) in [5.41, 5.74) is -0.288. The van der Waals surface area contributed by atoms with Gasteiger partial charge in [-0.3, -0.25) is 4.79 Å². The molecule has 2 heterocycles. The summed E-state index contributed by atoms with van der Waals surface area (Å²) in [5.74, 6) is 0.308. The molecule has 1 aliphatic heterocycles. The summed E-state index contributed by atoms with van der Waals surface area (Å²) in [7, 11) is 0. The Morgan fingerprint density at radius 1 is 1.73 bits per heavy atom. The third-order valence-electron chi connectivity index (χ3n) is 3.00. The first-order chi connectivity index (χ1) is 7.12. The van der Waals surface area contributed by atoms with Crippen LogP contribution in [0.25, 0.3) is 0 Å². The minimum absolute atomic E-state index is 0.288. The van der Waals surface area contributed by atoms with Crippen LogP contribution in [-0.2, 0) is 11.2 Å². The molecule has 1 aliphatic rings. The minimum atomic E-state index is -0.288. The topological polar surface area (TPSA) is 29.1 Å². The predicted molar refractivity (Wildman–Crippen MR) is 66.4 cm³/mol. The van der Waals surface area contributed by atoms with E-state index in [0.29, 0.717) is 12.2 Å². The summed E-state index contributed by atoms with van der Waals surface area (Å²) < 4.78 is 1.06. The van der Waals surface area contributed by atoms with Gasteiger partial charge in [0.1, 0.15) is 0 Å². The molecule has 1 atom stereocenters. The molecule has 0 amide bonds. The molecular weight excluding hydrogens is 274 g/mol. The Morgan fingerprint density at radius 2 is 2.53 bits per heavy atom. The van der Waals surface area contributed by atoms with Crippen LogP contribution in [0, 0.1) is 0 Å². The highest BCUT2D eigenvalue weighted by Crippen LogP contribution is 2.27. The maximum atomic E-state index is 12.1. The van der Waals surface area contributed by atoms with Crippen LogP contribution >= 0.6 is 27.3 Å². The van der Waals surface area contributed by atoms with Crippen molar-refractivity contribution in [3.63, 3.8) is 0 Å². The average molecular weight is 288 g/mol. The van der Waals surface area contributed by atoms with Crippen molar-refractivity contribution >= 4 is 33.0 Å². The summed E-state index contributed by atoms with van der Waals surface area (Å²) in [6, 6.07) is 2.00. The lowest BCUT2D eigenvalue weighted by molar-refractivity contribution is -0.123. The van der Waals surface area contributed by atoms with Crippen molar-refractivity contribution in [2.24, 2.45) is 0 Å². The van der Waals surface area contributed by atoms with Gasteiger partial charge in [0.2, 0.25) is 0 Å². The highest BCUT2D eigenvalue weighted by molar-refractivity contribution is 9.10. The van der Waals surface area contributed by atoms with Gasteiger partial charge in [0.05, 0.1) is 5.54 Å². The Kier molecular flexibility index (Phi) is 3.28. The largest absolute Gasteiger partial charge is 0.305 e. The molecule has 2 rings (SSSR count). The first-order valence-corrected chi connectivity index (χ1v) is 6.79. The molecule has 0 spiro atoms. The summed E-state index contributed by atoms with van der Waals surface area (Å²) >= 11 is 5.10. The van der Waals surface area contributed by atoms with Gasteiger partial charge < -0.3 is 5.32 Å². The van der Waals surface area contributed by atoms with E-state index in [-0.39, 0.29) is 5.54 Å². The molecule has 82 valence electrons. The Morgan fingerprint density at radius 3 is 3.07 bits per heavy atom. The van der Waals surface area contributed by atoms with Crippen LogP contribution < -0.4 is 5.32 Å². The smallest absolute Gasteiger partial charge is 0.157 e. The van der Waals surface area contributed by atoms with Crippen LogP contribution in [0.1, 0.15) is 24.6 Å². The zero-order valence-electron chi connectivity index (χ0n) is 8.68. The van der Waals surface area contributed by atoms with Crippen molar-refractivity contribution < 1.29 is 4.79 Å². The fraction of sp³-hybridized carbons (Fsp3) is 0.545. The van der Waals surface area contributed by atoms with Crippen molar-refractivity contribution in [3.05, 3.63) is 20.8 Å². The quantitative estimate of drug-likeness (QED) is 0.926. The number of hydrogen-bond donors (Lipinski definition) is 1. The van der Waals surface area contributed by atoms with Gasteiger partial charge in [-0.25, -0.2) is 0 Å². The van der Waals surface area contributed by atoms with Gasteiger partial charge in [0, 0.05) is 15.8 Å². The van der Waals surface area contributed by atoms with Gasteiger partial charge in [0.25, 0.3) is 0 Å². The van der Waals surface area contributed by atoms with Gasteiger partial charge in [-0.15, -0.1) is 11.3 Å². The number of carbonyl (C=O) groups excluding carboxylic acids is 1. The molecule has 0 saturated carbocycles. The SMILES string of the molecule is CC1(C(=O)Cc2sccc2Br)CCCN1. The Bertz CT molecular complexity index is 368. The summed E-state index contributed by atoms with van der Waals surface area (Å²) in [6.45, 7) is 2.98. The molecule has 1 unspecified atom stereocenters. The fourth-order valence-electron chi connectivity index (χ4n) is 1.92. The zero-order valence-corrected chi connectivity index (χ0v) is 11.1. The molecule has 2 nitrogen and oxygen atoms in total. The van der Waals surface area contributed by atoms with E-state index in [4.69, 9.17) is 0 Å². The second-order valence-electron chi connectivity index (χ2n) is 4.15. The van der Waals surface area contributed by atoms with E-state index >= 15 is 0 Å². The van der Waals surface area contributed by atoms with E-state index in [0.717, 1.165) is 28.7 Å². The maximum absolute atomic E-state index is 12.1. The maximum Gasteiger partial charge on any atom is 0.157 e. The van der Waals surface area contributed by atoms with E-state index in [1.165, 1.54) is 0 Å². The Balaban J connectivity index is 2.07. The lowest BCUT2D eigenvalue weighted by Crippen LogP contribution is -2.45. The van der Waals surface area contributed by atoms with E-state index < -0.39 is 0 Å². The number of hydrogen-bond acceptors (Lipinski definition) is 3. The Labute approximate surface area is 102 Å². The summed E-state index contributed by atoms with van der Waals surface area (Å²) in [4.78, 5) is 13.2. The van der Waals surface area contributed by atoms with Crippen LogP contribution in [-0.4, -0.2) is 17.9 Å². The third-order valence-corrected chi connectivity index (χ3v) is 4.92. The van der Waals surface area contributed by atoms with Crippen molar-refractivity contribution in [2.45, 2.75) is 31.7 Å². The first kappa shape index (κ1) is 11.3. The van der Waals surface area contributed by atoms with Crippen molar-refractivity contribution in [2.75, 3.05) is 6.54 Å². The first-order valence-electron chi connectivity index (χ1n) is 5.12. The van der Waals surface area contributed by atoms with E-state index in [1.54, 1.807) is 11.3 Å². The molecule has 15 heavy (non-hydrogen) atoms. The van der Waals surface area contributed by atoms with E-state index in [9.17, 15) is 4.79 Å². The number of nitrogens with one attached hydrogen (secondary N) is 1. The normalized spacial score (nSPS) is 25.7. The summed E-state index contributed by atoms with van der Waals surface area (Å²) in [6.07, 6.45) is 2.62. The fourth-order valence-corrected chi connectivity index (χ4v) is 3.42. The minimum Gasteiger partial charge on any atom is -0.305 e. The molecule has 1 N–H and O–H groups in total. The molecule has 1 aromatic heterocycles. The van der Waals surface area contributed by atoms with Crippen LogP contribution in [0.4, 0.5) is 0 Å². The van der Waals surface area contributed by atoms with Crippen LogP contribution in [0.15, 0.2) is 15.9 Å². The Hall–Kier alpha value is -0.190. The van der Waals surface area contributed by atoms with Crippen LogP contribution in [0.3, 0.4) is 0 Å². The van der Waals surface area contributed by atoms with Crippen LogP contribution in [0.5, 0.6) is 0 Å². The number of Topliss-reactive ketones (excluding diaryl/α,β-unsaturated/α-hetero) is 1. The van der Waals surface area contributed by atoms with E-state index in [1.807, 2.05) is 18.4 Å². The number of rotatable bonds is 3. The number of ketones is 1. The summed E-state index contributed by atoms with van der Waals surface area (Å²) in [5, 5.41) is 5.32. The number of thiophene rings is 1. The lowest BCUT2D eigenvalue weighted by Gasteiger charge is -2.22. The zero-order chi connectivity index (χ0) is 10.9. The van der Waals surface area contributed by atoms with Crippen molar-refractivity contribution in [3.8, 4) is 0 Å². The van der Waals surface area contributed by atoms with Crippen LogP contribution in [0.2, 0.25) is 0 Å². The van der Waals surface area contributed by atoms with Gasteiger partial charge in [-0.2, -0.15) is 0 Å². The predicted octanol–water partition coefficient (Wildman–Crippen LogP) is 2.76. The molecule has 1 aromatic rings. The average Bonchev–Trinajstić information content (AvgIpc) is 2.78. The highest BCUT2D eigenvalue weighted by Gasteiger charge is 2.35. The second kappa shape index (κ2) is 4.36. The standard InChI is InChI=1S/C11H14BrNOS/c1-11(4-2-5-13-11)10(14)7-9-8(12)3-6-15-9/h3,6,13H,2,4-5,7H2,1H3. The molecule has 0 aliphatic carbocycles. The molecular formula is C11H14BrNOS. The molecule has 0 aromatic carbocycles. The van der Waals surface area contributed by atoms with Gasteiger partial charge in [0.15, 0.2) is 5.78 Å². The molecule has 1 saturated heterocycles. The monoisotopic (exact) mass is 287 g/mol. The molecule has 1 fully saturated rings. The van der Waals surface area contributed by atoms with Gasteiger partial charge in [-0.1, -0.05) is 0 Å². The molecule has 4 heteroatoms. The van der Waals surface area contributed by atoms with Gasteiger partial charge in [-0.05, 0) is 53.7 Å². The third kappa shape index (κ3) is 2.32. The van der Waals surface area contributed by atoms with E-state index in [2.05, 4.69) is 21.2 Å². The van der Waals surface area contributed by atoms with Crippen molar-refractivity contribution in [1.82, 2.24) is 5.32 Å². The second-order valence-corrected chi connectivity index (χ2v) is 6.01. The lowest BCUT2D eigenvalue weighted by atomic mass is 9.92. The number of halogens is 1. The highest BCUT2D eigenvalue weighted by atomic mass is 79.9. The molecule has 0 bridgehead atoms. The number of carbonyl (C=O) groups is 1. The van der Waals surface area contributed by atoms with Crippen molar-refractivity contribution in [1.29, 1.82) is 0 Å².